The quantitative estimate of drug-likeness (QED) is 0.615. The van der Waals surface area contributed by atoms with Gasteiger partial charge in [-0.05, 0) is 33.6 Å². The Labute approximate surface area is 105 Å². The fourth-order valence-electron chi connectivity index (χ4n) is 1.67. The van der Waals surface area contributed by atoms with Crippen molar-refractivity contribution in [2.75, 3.05) is 6.54 Å². The summed E-state index contributed by atoms with van der Waals surface area (Å²) in [5.41, 5.74) is -2.69. The van der Waals surface area contributed by atoms with Crippen LogP contribution in [0, 0.1) is 0 Å². The lowest BCUT2D eigenvalue weighted by Crippen LogP contribution is -2.66. The molecule has 7 heteroatoms. The van der Waals surface area contributed by atoms with Gasteiger partial charge in [0.05, 0.1) is 0 Å². The van der Waals surface area contributed by atoms with E-state index in [1.807, 2.05) is 0 Å². The minimum atomic E-state index is -1.93. The molecule has 1 unspecified atom stereocenters. The summed E-state index contributed by atoms with van der Waals surface area (Å²) in [6, 6.07) is 0. The molecule has 0 spiro atoms. The molecular weight excluding hydrogens is 240 g/mol. The van der Waals surface area contributed by atoms with Crippen LogP contribution < -0.4 is 10.6 Å². The second-order valence-electron chi connectivity index (χ2n) is 5.20. The largest absolute Gasteiger partial charge is 0.479 e. The average Bonchev–Trinajstić information content (AvgIpc) is 2.18. The maximum absolute atomic E-state index is 11.7. The fourth-order valence-corrected chi connectivity index (χ4v) is 1.67. The van der Waals surface area contributed by atoms with Crippen molar-refractivity contribution in [1.29, 1.82) is 0 Å². The summed E-state index contributed by atoms with van der Waals surface area (Å²) in [4.78, 5) is 34.6. The Balaban J connectivity index is 2.84. The number of aliphatic carboxylic acids is 1. The highest BCUT2D eigenvalue weighted by Gasteiger charge is 2.49. The zero-order chi connectivity index (χ0) is 14.0. The molecular formula is C11H18N2O5. The minimum Gasteiger partial charge on any atom is -0.479 e. The van der Waals surface area contributed by atoms with Gasteiger partial charge in [0.1, 0.15) is 5.60 Å². The Bertz CT molecular complexity index is 374. The van der Waals surface area contributed by atoms with Crippen LogP contribution in [0.3, 0.4) is 0 Å². The normalized spacial score (nSPS) is 24.1. The number of alkyl carbamates (subject to hydrolysis) is 1. The van der Waals surface area contributed by atoms with Crippen LogP contribution in [-0.4, -0.2) is 40.8 Å². The van der Waals surface area contributed by atoms with Gasteiger partial charge >= 0.3 is 12.1 Å². The Morgan fingerprint density at radius 3 is 2.50 bits per heavy atom. The third-order valence-electron chi connectivity index (χ3n) is 2.48. The second kappa shape index (κ2) is 4.83. The highest BCUT2D eigenvalue weighted by Crippen LogP contribution is 2.19. The first-order chi connectivity index (χ1) is 8.17. The van der Waals surface area contributed by atoms with Crippen molar-refractivity contribution in [1.82, 2.24) is 10.6 Å². The number of carboxylic acid groups (broad SMARTS) is 1. The summed E-state index contributed by atoms with van der Waals surface area (Å²) in [6.07, 6.45) is -0.386. The summed E-state index contributed by atoms with van der Waals surface area (Å²) in [5.74, 6) is -2.10. The molecule has 1 saturated heterocycles. The van der Waals surface area contributed by atoms with Crippen molar-refractivity contribution in [2.45, 2.75) is 44.8 Å². The van der Waals surface area contributed by atoms with E-state index in [0.717, 1.165) is 0 Å². The molecule has 1 aliphatic rings. The number of hydrogen-bond donors (Lipinski definition) is 3. The average molecular weight is 258 g/mol. The topological polar surface area (TPSA) is 105 Å². The van der Waals surface area contributed by atoms with Gasteiger partial charge in [0, 0.05) is 6.54 Å². The lowest BCUT2D eigenvalue weighted by Gasteiger charge is -2.33. The lowest BCUT2D eigenvalue weighted by atomic mass is 9.89. The Morgan fingerprint density at radius 1 is 1.44 bits per heavy atom. The highest BCUT2D eigenvalue weighted by molar-refractivity contribution is 6.09. The highest BCUT2D eigenvalue weighted by atomic mass is 16.6. The number of piperidine rings is 1. The van der Waals surface area contributed by atoms with E-state index in [9.17, 15) is 19.5 Å². The number of ether oxygens (including phenoxy) is 1. The molecule has 0 aromatic rings. The van der Waals surface area contributed by atoms with E-state index in [-0.39, 0.29) is 6.42 Å². The van der Waals surface area contributed by atoms with Gasteiger partial charge in [0.15, 0.2) is 0 Å². The van der Waals surface area contributed by atoms with E-state index in [1.165, 1.54) is 0 Å². The van der Waals surface area contributed by atoms with Gasteiger partial charge in [0.25, 0.3) is 5.91 Å². The predicted molar refractivity (Wildman–Crippen MR) is 62.0 cm³/mol. The molecule has 1 heterocycles. The van der Waals surface area contributed by atoms with Crippen molar-refractivity contribution in [3.05, 3.63) is 0 Å². The van der Waals surface area contributed by atoms with Crippen molar-refractivity contribution < 1.29 is 24.2 Å². The van der Waals surface area contributed by atoms with Crippen LogP contribution >= 0.6 is 0 Å². The Kier molecular flexibility index (Phi) is 3.83. The molecule has 0 saturated carbocycles. The molecule has 0 bridgehead atoms. The van der Waals surface area contributed by atoms with Gasteiger partial charge < -0.3 is 15.2 Å². The van der Waals surface area contributed by atoms with Gasteiger partial charge in [-0.3, -0.25) is 10.1 Å². The van der Waals surface area contributed by atoms with Gasteiger partial charge in [-0.25, -0.2) is 9.59 Å². The Hall–Kier alpha value is -1.79. The maximum Gasteiger partial charge on any atom is 0.408 e. The van der Waals surface area contributed by atoms with Crippen molar-refractivity contribution in [3.8, 4) is 0 Å². The second-order valence-corrected chi connectivity index (χ2v) is 5.20. The van der Waals surface area contributed by atoms with E-state index >= 15 is 0 Å². The zero-order valence-corrected chi connectivity index (χ0v) is 10.7. The SMILES string of the molecule is CC(C)(C)OC(=O)NC1(C(=O)O)CCCNC1=O. The number of nitrogens with one attached hydrogen (secondary N) is 2. The number of carbonyl (C=O) groups excluding carboxylic acids is 2. The fraction of sp³-hybridized carbons (Fsp3) is 0.727. The summed E-state index contributed by atoms with van der Waals surface area (Å²) >= 11 is 0. The first-order valence-corrected chi connectivity index (χ1v) is 5.70. The summed E-state index contributed by atoms with van der Waals surface area (Å²) in [5, 5.41) is 13.8. The predicted octanol–water partition coefficient (Wildman–Crippen LogP) is 0.245. The van der Waals surface area contributed by atoms with E-state index in [0.29, 0.717) is 13.0 Å². The summed E-state index contributed by atoms with van der Waals surface area (Å²) in [7, 11) is 0. The molecule has 102 valence electrons. The third-order valence-corrected chi connectivity index (χ3v) is 2.48. The lowest BCUT2D eigenvalue weighted by molar-refractivity contribution is -0.152. The first-order valence-electron chi connectivity index (χ1n) is 5.70. The Morgan fingerprint density at radius 2 is 2.06 bits per heavy atom. The van der Waals surface area contributed by atoms with Gasteiger partial charge in [-0.15, -0.1) is 0 Å². The molecule has 0 aliphatic carbocycles. The van der Waals surface area contributed by atoms with Crippen LogP contribution in [0.5, 0.6) is 0 Å². The number of carbonyl (C=O) groups is 3. The van der Waals surface area contributed by atoms with E-state index in [1.54, 1.807) is 20.8 Å². The van der Waals surface area contributed by atoms with E-state index < -0.39 is 29.1 Å². The molecule has 1 atom stereocenters. The minimum absolute atomic E-state index is 0.0490. The van der Waals surface area contributed by atoms with Crippen LogP contribution in [0.25, 0.3) is 0 Å². The third kappa shape index (κ3) is 3.12. The smallest absolute Gasteiger partial charge is 0.408 e. The molecule has 1 fully saturated rings. The first kappa shape index (κ1) is 14.3. The monoisotopic (exact) mass is 258 g/mol. The van der Waals surface area contributed by atoms with Crippen LogP contribution in [0.15, 0.2) is 0 Å². The van der Waals surface area contributed by atoms with E-state index in [2.05, 4.69) is 10.6 Å². The summed E-state index contributed by atoms with van der Waals surface area (Å²) < 4.78 is 4.97. The number of rotatable bonds is 2. The van der Waals surface area contributed by atoms with Crippen LogP contribution in [0.2, 0.25) is 0 Å². The molecule has 1 aliphatic heterocycles. The molecule has 2 amide bonds. The van der Waals surface area contributed by atoms with Gasteiger partial charge in [-0.1, -0.05) is 0 Å². The molecule has 18 heavy (non-hydrogen) atoms. The van der Waals surface area contributed by atoms with Crippen molar-refractivity contribution in [3.63, 3.8) is 0 Å². The number of carboxylic acids is 1. The van der Waals surface area contributed by atoms with Crippen LogP contribution in [0.4, 0.5) is 4.79 Å². The van der Waals surface area contributed by atoms with Crippen LogP contribution in [0.1, 0.15) is 33.6 Å². The molecule has 7 nitrogen and oxygen atoms in total. The molecule has 0 aromatic carbocycles. The van der Waals surface area contributed by atoms with Gasteiger partial charge in [0.2, 0.25) is 5.54 Å². The molecule has 0 radical (unpaired) electrons. The number of hydrogen-bond acceptors (Lipinski definition) is 4. The van der Waals surface area contributed by atoms with Crippen LogP contribution in [-0.2, 0) is 14.3 Å². The van der Waals surface area contributed by atoms with E-state index in [4.69, 9.17) is 4.74 Å². The zero-order valence-electron chi connectivity index (χ0n) is 10.7. The van der Waals surface area contributed by atoms with Crippen molar-refractivity contribution in [2.24, 2.45) is 0 Å². The number of amides is 2. The standard InChI is InChI=1S/C11H18N2O5/c1-10(2,3)18-9(17)13-11(8(15)16)5-4-6-12-7(11)14/h4-6H2,1-3H3,(H,12,14)(H,13,17)(H,15,16). The maximum atomic E-state index is 11.7. The van der Waals surface area contributed by atoms with Crippen molar-refractivity contribution >= 4 is 18.0 Å². The summed E-state index contributed by atoms with van der Waals surface area (Å²) in [6.45, 7) is 5.37. The molecule has 3 N–H and O–H groups in total. The van der Waals surface area contributed by atoms with Gasteiger partial charge in [-0.2, -0.15) is 0 Å². The molecule has 0 aromatic heterocycles. The molecule has 1 rings (SSSR count).